The Labute approximate surface area is 187 Å². The summed E-state index contributed by atoms with van der Waals surface area (Å²) in [6.07, 6.45) is -0.409. The molecule has 0 bridgehead atoms. The van der Waals surface area contributed by atoms with Crippen molar-refractivity contribution in [1.29, 1.82) is 0 Å². The Morgan fingerprint density at radius 1 is 1.00 bits per heavy atom. The number of carbonyl (C=O) groups excluding carboxylic acids is 1. The van der Waals surface area contributed by atoms with Gasteiger partial charge in [0.05, 0.1) is 6.54 Å². The average molecular weight is 433 g/mol. The molecule has 1 aromatic carbocycles. The van der Waals surface area contributed by atoms with Gasteiger partial charge in [0.15, 0.2) is 5.96 Å². The van der Waals surface area contributed by atoms with Crippen LogP contribution in [0.15, 0.2) is 29.3 Å². The lowest BCUT2D eigenvalue weighted by molar-refractivity contribution is 0.0529. The number of nitrogens with zero attached hydrogens (tertiary/aromatic N) is 3. The number of carbonyl (C=O) groups is 1. The van der Waals surface area contributed by atoms with Crippen molar-refractivity contribution in [2.24, 2.45) is 4.99 Å². The van der Waals surface area contributed by atoms with Gasteiger partial charge < -0.3 is 25.6 Å². The fourth-order valence-corrected chi connectivity index (χ4v) is 3.19. The van der Waals surface area contributed by atoms with Crippen molar-refractivity contribution in [3.8, 4) is 0 Å². The molecule has 31 heavy (non-hydrogen) atoms. The summed E-state index contributed by atoms with van der Waals surface area (Å²) in [7, 11) is 2.18. The van der Waals surface area contributed by atoms with Crippen molar-refractivity contribution in [2.75, 3.05) is 52.9 Å². The Kier molecular flexibility index (Phi) is 10.1. The predicted molar refractivity (Wildman–Crippen MR) is 126 cm³/mol. The number of ether oxygens (including phenoxy) is 1. The maximum atomic E-state index is 11.7. The normalized spacial score (nSPS) is 16.1. The molecule has 0 unspecified atom stereocenters. The lowest BCUT2D eigenvalue weighted by Crippen LogP contribution is -2.43. The summed E-state index contributed by atoms with van der Waals surface area (Å²) in [6.45, 7) is 15.5. The summed E-state index contributed by atoms with van der Waals surface area (Å²) in [4.78, 5) is 21.2. The molecule has 2 rings (SSSR count). The number of hydrogen-bond acceptors (Lipinski definition) is 5. The van der Waals surface area contributed by atoms with Crippen LogP contribution >= 0.6 is 0 Å². The minimum atomic E-state index is -0.492. The molecule has 1 saturated heterocycles. The van der Waals surface area contributed by atoms with Crippen molar-refractivity contribution in [3.05, 3.63) is 35.4 Å². The Balaban J connectivity index is 1.75. The topological polar surface area (TPSA) is 81.2 Å². The van der Waals surface area contributed by atoms with Crippen LogP contribution in [-0.2, 0) is 17.8 Å². The number of hydrogen-bond donors (Lipinski definition) is 3. The molecule has 1 fully saturated rings. The Hall–Kier alpha value is -2.32. The lowest BCUT2D eigenvalue weighted by Gasteiger charge is -2.32. The Morgan fingerprint density at radius 2 is 1.61 bits per heavy atom. The van der Waals surface area contributed by atoms with Gasteiger partial charge in [-0.15, -0.1) is 0 Å². The third-order valence-corrected chi connectivity index (χ3v) is 4.87. The molecule has 8 heteroatoms. The van der Waals surface area contributed by atoms with E-state index in [1.807, 2.05) is 27.7 Å². The van der Waals surface area contributed by atoms with Gasteiger partial charge in [-0.05, 0) is 45.9 Å². The first-order valence-electron chi connectivity index (χ1n) is 11.2. The van der Waals surface area contributed by atoms with Crippen LogP contribution in [0, 0.1) is 0 Å². The Bertz CT molecular complexity index is 691. The van der Waals surface area contributed by atoms with Crippen LogP contribution in [-0.4, -0.2) is 80.3 Å². The second kappa shape index (κ2) is 12.5. The van der Waals surface area contributed by atoms with Crippen LogP contribution in [0.25, 0.3) is 0 Å². The monoisotopic (exact) mass is 432 g/mol. The third-order valence-electron chi connectivity index (χ3n) is 4.87. The van der Waals surface area contributed by atoms with Gasteiger partial charge in [-0.3, -0.25) is 4.90 Å². The third kappa shape index (κ3) is 10.5. The molecule has 0 atom stereocenters. The van der Waals surface area contributed by atoms with E-state index >= 15 is 0 Å². The number of guanidine groups is 1. The minimum Gasteiger partial charge on any atom is -0.444 e. The van der Waals surface area contributed by atoms with Gasteiger partial charge in [0.2, 0.25) is 0 Å². The maximum Gasteiger partial charge on any atom is 0.407 e. The van der Waals surface area contributed by atoms with Crippen molar-refractivity contribution < 1.29 is 9.53 Å². The first kappa shape index (κ1) is 24.9. The highest BCUT2D eigenvalue weighted by Gasteiger charge is 2.15. The van der Waals surface area contributed by atoms with Gasteiger partial charge in [-0.25, -0.2) is 9.79 Å². The fourth-order valence-electron chi connectivity index (χ4n) is 3.19. The summed E-state index contributed by atoms with van der Waals surface area (Å²) in [5.74, 6) is 0.731. The second-order valence-corrected chi connectivity index (χ2v) is 8.95. The quantitative estimate of drug-likeness (QED) is 0.331. The number of likely N-dealkylation sites (N-methyl/N-ethyl adjacent to an activating group) is 1. The second-order valence-electron chi connectivity index (χ2n) is 8.95. The number of piperazine rings is 1. The Morgan fingerprint density at radius 3 is 2.23 bits per heavy atom. The molecule has 8 nitrogen and oxygen atoms in total. The molecule has 1 aliphatic heterocycles. The first-order chi connectivity index (χ1) is 14.7. The zero-order valence-electron chi connectivity index (χ0n) is 19.8. The van der Waals surface area contributed by atoms with E-state index < -0.39 is 11.7 Å². The van der Waals surface area contributed by atoms with E-state index in [4.69, 9.17) is 4.74 Å². The molecule has 0 radical (unpaired) electrons. The van der Waals surface area contributed by atoms with Crippen molar-refractivity contribution in [3.63, 3.8) is 0 Å². The van der Waals surface area contributed by atoms with Crippen LogP contribution in [0.2, 0.25) is 0 Å². The van der Waals surface area contributed by atoms with Gasteiger partial charge in [0.25, 0.3) is 0 Å². The number of rotatable bonds is 8. The number of nitrogens with one attached hydrogen (secondary N) is 3. The number of aliphatic imine (C=N–C) groups is 1. The standard InChI is InChI=1S/C23H40N6O2/c1-6-24-21(25-11-12-26-22(30)31-23(2,3)4)27-17-19-7-9-20(10-8-19)18-29-15-13-28(5)14-16-29/h7-10H,6,11-18H2,1-5H3,(H,26,30)(H2,24,25,27). The van der Waals surface area contributed by atoms with E-state index in [1.54, 1.807) is 0 Å². The molecule has 1 aromatic rings. The van der Waals surface area contributed by atoms with Crippen LogP contribution in [0.1, 0.15) is 38.8 Å². The molecule has 0 aromatic heterocycles. The van der Waals surface area contributed by atoms with Crippen molar-refractivity contribution in [1.82, 2.24) is 25.8 Å². The largest absolute Gasteiger partial charge is 0.444 e. The zero-order chi connectivity index (χ0) is 22.7. The van der Waals surface area contributed by atoms with Gasteiger partial charge in [0, 0.05) is 52.4 Å². The van der Waals surface area contributed by atoms with E-state index in [2.05, 4.69) is 62.1 Å². The van der Waals surface area contributed by atoms with Crippen molar-refractivity contribution >= 4 is 12.1 Å². The molecule has 1 amide bonds. The highest BCUT2D eigenvalue weighted by atomic mass is 16.6. The van der Waals surface area contributed by atoms with E-state index in [-0.39, 0.29) is 0 Å². The molecule has 3 N–H and O–H groups in total. The summed E-state index contributed by atoms with van der Waals surface area (Å²) in [6, 6.07) is 8.72. The molecule has 1 aliphatic rings. The summed E-state index contributed by atoms with van der Waals surface area (Å²) < 4.78 is 5.23. The van der Waals surface area contributed by atoms with Crippen LogP contribution in [0.3, 0.4) is 0 Å². The average Bonchev–Trinajstić information content (AvgIpc) is 2.71. The number of benzene rings is 1. The van der Waals surface area contributed by atoms with Crippen LogP contribution in [0.4, 0.5) is 4.79 Å². The molecular formula is C23H40N6O2. The van der Waals surface area contributed by atoms with Crippen molar-refractivity contribution in [2.45, 2.75) is 46.4 Å². The van der Waals surface area contributed by atoms with Crippen LogP contribution < -0.4 is 16.0 Å². The van der Waals surface area contributed by atoms with E-state index in [0.717, 1.165) is 45.2 Å². The molecule has 174 valence electrons. The maximum absolute atomic E-state index is 11.7. The number of amides is 1. The van der Waals surface area contributed by atoms with Gasteiger partial charge in [-0.2, -0.15) is 0 Å². The van der Waals surface area contributed by atoms with Gasteiger partial charge >= 0.3 is 6.09 Å². The van der Waals surface area contributed by atoms with Gasteiger partial charge in [0.1, 0.15) is 5.60 Å². The molecule has 0 aliphatic carbocycles. The highest BCUT2D eigenvalue weighted by molar-refractivity contribution is 5.79. The zero-order valence-corrected chi connectivity index (χ0v) is 19.8. The molecule has 0 saturated carbocycles. The number of alkyl carbamates (subject to hydrolysis) is 1. The minimum absolute atomic E-state index is 0.409. The molecule has 0 spiro atoms. The van der Waals surface area contributed by atoms with E-state index in [0.29, 0.717) is 19.6 Å². The van der Waals surface area contributed by atoms with Crippen LogP contribution in [0.5, 0.6) is 0 Å². The lowest BCUT2D eigenvalue weighted by atomic mass is 10.1. The summed E-state index contributed by atoms with van der Waals surface area (Å²) in [5.41, 5.74) is 2.02. The fraction of sp³-hybridized carbons (Fsp3) is 0.652. The van der Waals surface area contributed by atoms with E-state index in [1.165, 1.54) is 11.1 Å². The SMILES string of the molecule is CCNC(=NCc1ccc(CN2CCN(C)CC2)cc1)NCCNC(=O)OC(C)(C)C. The molecule has 1 heterocycles. The van der Waals surface area contributed by atoms with Gasteiger partial charge in [-0.1, -0.05) is 24.3 Å². The predicted octanol–water partition coefficient (Wildman–Crippen LogP) is 2.01. The molecular weight excluding hydrogens is 392 g/mol. The summed E-state index contributed by atoms with van der Waals surface area (Å²) >= 11 is 0. The first-order valence-corrected chi connectivity index (χ1v) is 11.2. The van der Waals surface area contributed by atoms with E-state index in [9.17, 15) is 4.79 Å². The highest BCUT2D eigenvalue weighted by Crippen LogP contribution is 2.10. The summed E-state index contributed by atoms with van der Waals surface area (Å²) in [5, 5.41) is 9.21. The smallest absolute Gasteiger partial charge is 0.407 e.